The molecule has 0 aliphatic carbocycles. The Bertz CT molecular complexity index is 1160. The number of carbonyl (C=O) groups is 1. The third-order valence-electron chi connectivity index (χ3n) is 6.26. The maximum absolute atomic E-state index is 12.9. The summed E-state index contributed by atoms with van der Waals surface area (Å²) in [4.78, 5) is 12.9. The van der Waals surface area contributed by atoms with E-state index in [1.165, 1.54) is 27.6 Å². The first kappa shape index (κ1) is 22.8. The average molecular weight is 439 g/mol. The third kappa shape index (κ3) is 6.13. The molecule has 3 nitrogen and oxygen atoms in total. The van der Waals surface area contributed by atoms with E-state index in [9.17, 15) is 4.79 Å². The van der Waals surface area contributed by atoms with Crippen molar-refractivity contribution in [3.05, 3.63) is 108 Å². The number of nitrogens with one attached hydrogen (secondary N) is 1. The monoisotopic (exact) mass is 438 g/mol. The van der Waals surface area contributed by atoms with Crippen molar-refractivity contribution in [1.82, 2.24) is 9.88 Å². The molecule has 4 aromatic rings. The highest BCUT2D eigenvalue weighted by atomic mass is 16.1. The Labute approximate surface area is 197 Å². The van der Waals surface area contributed by atoms with Crippen LogP contribution in [0.15, 0.2) is 91.1 Å². The zero-order valence-electron chi connectivity index (χ0n) is 19.7. The van der Waals surface area contributed by atoms with Gasteiger partial charge in [-0.05, 0) is 47.4 Å². The predicted octanol–water partition coefficient (Wildman–Crippen LogP) is 6.57. The van der Waals surface area contributed by atoms with Gasteiger partial charge in [0.15, 0.2) is 0 Å². The molecular weight excluding hydrogens is 404 g/mol. The summed E-state index contributed by atoms with van der Waals surface area (Å²) in [6, 6.07) is 29.6. The zero-order chi connectivity index (χ0) is 23.0. The maximum Gasteiger partial charge on any atom is 0.220 e. The van der Waals surface area contributed by atoms with Crippen molar-refractivity contribution in [2.75, 3.05) is 6.54 Å². The molecule has 0 radical (unpaired) electrons. The van der Waals surface area contributed by atoms with Crippen molar-refractivity contribution < 1.29 is 4.79 Å². The average Bonchev–Trinajstić information content (AvgIpc) is 3.18. The molecule has 4 rings (SSSR count). The minimum atomic E-state index is 0.119. The largest absolute Gasteiger partial charge is 0.356 e. The quantitative estimate of drug-likeness (QED) is 0.299. The van der Waals surface area contributed by atoms with E-state index in [-0.39, 0.29) is 11.8 Å². The van der Waals surface area contributed by atoms with Crippen LogP contribution in [0.3, 0.4) is 0 Å². The Morgan fingerprint density at radius 2 is 1.48 bits per heavy atom. The van der Waals surface area contributed by atoms with Gasteiger partial charge < -0.3 is 9.88 Å². The minimum Gasteiger partial charge on any atom is -0.356 e. The van der Waals surface area contributed by atoms with Crippen LogP contribution in [0.5, 0.6) is 0 Å². The first-order chi connectivity index (χ1) is 16.1. The molecule has 170 valence electrons. The van der Waals surface area contributed by atoms with Gasteiger partial charge in [0.25, 0.3) is 0 Å². The van der Waals surface area contributed by atoms with Crippen molar-refractivity contribution in [3.8, 4) is 0 Å². The number of amides is 1. The summed E-state index contributed by atoms with van der Waals surface area (Å²) in [5.74, 6) is 0.839. The van der Waals surface area contributed by atoms with Crippen LogP contribution in [0.2, 0.25) is 0 Å². The van der Waals surface area contributed by atoms with E-state index in [4.69, 9.17) is 0 Å². The van der Waals surface area contributed by atoms with Crippen molar-refractivity contribution in [2.45, 2.75) is 45.6 Å². The lowest BCUT2D eigenvalue weighted by atomic mass is 9.88. The van der Waals surface area contributed by atoms with Gasteiger partial charge in [0, 0.05) is 36.6 Å². The van der Waals surface area contributed by atoms with E-state index in [2.05, 4.69) is 109 Å². The molecule has 1 aromatic heterocycles. The second-order valence-corrected chi connectivity index (χ2v) is 9.34. The first-order valence-electron chi connectivity index (χ1n) is 12.0. The topological polar surface area (TPSA) is 34.0 Å². The van der Waals surface area contributed by atoms with Crippen LogP contribution in [-0.2, 0) is 17.8 Å². The lowest BCUT2D eigenvalue weighted by Crippen LogP contribution is -2.27. The lowest BCUT2D eigenvalue weighted by molar-refractivity contribution is -0.121. The van der Waals surface area contributed by atoms with E-state index < -0.39 is 0 Å². The molecule has 0 saturated carbocycles. The van der Waals surface area contributed by atoms with Crippen LogP contribution in [0.1, 0.15) is 49.3 Å². The van der Waals surface area contributed by atoms with Crippen molar-refractivity contribution >= 4 is 16.8 Å². The summed E-state index contributed by atoms with van der Waals surface area (Å²) < 4.78 is 2.33. The minimum absolute atomic E-state index is 0.119. The molecule has 3 heteroatoms. The second kappa shape index (κ2) is 11.0. The highest BCUT2D eigenvalue weighted by molar-refractivity contribution is 5.86. The molecule has 0 aliphatic heterocycles. The summed E-state index contributed by atoms with van der Waals surface area (Å²) in [6.45, 7) is 5.93. The normalized spacial score (nSPS) is 12.2. The fourth-order valence-corrected chi connectivity index (χ4v) is 4.50. The van der Waals surface area contributed by atoms with Crippen molar-refractivity contribution in [3.63, 3.8) is 0 Å². The van der Waals surface area contributed by atoms with Gasteiger partial charge in [0.2, 0.25) is 5.91 Å². The lowest BCUT2D eigenvalue weighted by Gasteiger charge is -2.17. The molecule has 1 unspecified atom stereocenters. The van der Waals surface area contributed by atoms with Crippen LogP contribution >= 0.6 is 0 Å². The zero-order valence-corrected chi connectivity index (χ0v) is 19.7. The SMILES string of the molecule is CC(C)CCNC(=O)CC(Cc1ccccc1)c1cn(Cc2ccccc2)c2ccccc12. The highest BCUT2D eigenvalue weighted by Gasteiger charge is 2.21. The first-order valence-corrected chi connectivity index (χ1v) is 12.0. The number of nitrogens with zero attached hydrogens (tertiary/aromatic N) is 1. The summed E-state index contributed by atoms with van der Waals surface area (Å²) in [5, 5.41) is 4.39. The second-order valence-electron chi connectivity index (χ2n) is 9.34. The number of hydrogen-bond acceptors (Lipinski definition) is 1. The molecule has 0 saturated heterocycles. The van der Waals surface area contributed by atoms with E-state index >= 15 is 0 Å². The van der Waals surface area contributed by atoms with Crippen LogP contribution in [0.4, 0.5) is 0 Å². The van der Waals surface area contributed by atoms with Crippen LogP contribution in [-0.4, -0.2) is 17.0 Å². The Kier molecular flexibility index (Phi) is 7.62. The smallest absolute Gasteiger partial charge is 0.220 e. The van der Waals surface area contributed by atoms with Crippen molar-refractivity contribution in [1.29, 1.82) is 0 Å². The summed E-state index contributed by atoms with van der Waals surface area (Å²) >= 11 is 0. The van der Waals surface area contributed by atoms with Gasteiger partial charge in [-0.1, -0.05) is 92.7 Å². The van der Waals surface area contributed by atoms with Gasteiger partial charge in [0.05, 0.1) is 0 Å². The van der Waals surface area contributed by atoms with Gasteiger partial charge in [-0.2, -0.15) is 0 Å². The number of para-hydroxylation sites is 1. The van der Waals surface area contributed by atoms with Crippen LogP contribution < -0.4 is 5.32 Å². The van der Waals surface area contributed by atoms with Crippen LogP contribution in [0, 0.1) is 5.92 Å². The van der Waals surface area contributed by atoms with Crippen molar-refractivity contribution in [2.24, 2.45) is 5.92 Å². The molecule has 1 heterocycles. The number of hydrogen-bond donors (Lipinski definition) is 1. The Hall–Kier alpha value is -3.33. The maximum atomic E-state index is 12.9. The molecule has 0 fully saturated rings. The molecule has 0 spiro atoms. The fraction of sp³-hybridized carbons (Fsp3) is 0.300. The summed E-state index contributed by atoms with van der Waals surface area (Å²) in [7, 11) is 0. The van der Waals surface area contributed by atoms with Gasteiger partial charge in [0.1, 0.15) is 0 Å². The molecule has 33 heavy (non-hydrogen) atoms. The number of carbonyl (C=O) groups excluding carboxylic acids is 1. The number of aromatic nitrogens is 1. The summed E-state index contributed by atoms with van der Waals surface area (Å²) in [5.41, 5.74) is 5.01. The molecule has 1 atom stereocenters. The Balaban J connectivity index is 1.65. The number of rotatable bonds is 10. The number of fused-ring (bicyclic) bond motifs is 1. The molecule has 0 aliphatic rings. The molecule has 3 aromatic carbocycles. The molecular formula is C30H34N2O. The Morgan fingerprint density at radius 1 is 0.848 bits per heavy atom. The van der Waals surface area contributed by atoms with E-state index in [1.54, 1.807) is 0 Å². The molecule has 0 bridgehead atoms. The van der Waals surface area contributed by atoms with Gasteiger partial charge in [-0.15, -0.1) is 0 Å². The summed E-state index contributed by atoms with van der Waals surface area (Å²) in [6.07, 6.45) is 4.61. The highest BCUT2D eigenvalue weighted by Crippen LogP contribution is 2.33. The predicted molar refractivity (Wildman–Crippen MR) is 137 cm³/mol. The van der Waals surface area contributed by atoms with Gasteiger partial charge >= 0.3 is 0 Å². The van der Waals surface area contributed by atoms with Crippen LogP contribution in [0.25, 0.3) is 10.9 Å². The third-order valence-corrected chi connectivity index (χ3v) is 6.26. The molecule has 1 amide bonds. The standard InChI is InChI=1S/C30H34N2O/c1-23(2)17-18-31-30(33)20-26(19-24-11-5-3-6-12-24)28-22-32(21-25-13-7-4-8-14-25)29-16-10-9-15-27(28)29/h3-16,22-23,26H,17-21H2,1-2H3,(H,31,33). The van der Waals surface area contributed by atoms with E-state index in [0.29, 0.717) is 12.3 Å². The van der Waals surface area contributed by atoms with Gasteiger partial charge in [-0.25, -0.2) is 0 Å². The molecule has 1 N–H and O–H groups in total. The Morgan fingerprint density at radius 3 is 2.18 bits per heavy atom. The van der Waals surface area contributed by atoms with Gasteiger partial charge in [-0.3, -0.25) is 4.79 Å². The fourth-order valence-electron chi connectivity index (χ4n) is 4.50. The number of benzene rings is 3. The van der Waals surface area contributed by atoms with E-state index in [0.717, 1.165) is 25.9 Å². The van der Waals surface area contributed by atoms with E-state index in [1.807, 2.05) is 6.07 Å².